The zero-order chi connectivity index (χ0) is 14.6. The minimum atomic E-state index is -4.45. The van der Waals surface area contributed by atoms with Crippen molar-refractivity contribution in [3.8, 4) is 11.1 Å². The molecule has 1 N–H and O–H groups in total. The van der Waals surface area contributed by atoms with Gasteiger partial charge >= 0.3 is 6.18 Å². The van der Waals surface area contributed by atoms with E-state index in [1.807, 2.05) is 0 Å². The molecular formula is C13H10F3N3O. The number of amides is 1. The molecule has 0 bridgehead atoms. The first-order valence-electron chi connectivity index (χ1n) is 5.65. The van der Waals surface area contributed by atoms with Crippen LogP contribution in [-0.4, -0.2) is 16.4 Å². The van der Waals surface area contributed by atoms with Crippen LogP contribution in [0.1, 0.15) is 11.3 Å². The quantitative estimate of drug-likeness (QED) is 0.876. The minimum absolute atomic E-state index is 0.304. The number of halogens is 3. The van der Waals surface area contributed by atoms with Crippen molar-refractivity contribution in [2.24, 2.45) is 0 Å². The Kier molecular flexibility index (Phi) is 3.97. The maximum absolute atomic E-state index is 12.4. The second kappa shape index (κ2) is 5.68. The van der Waals surface area contributed by atoms with E-state index >= 15 is 0 Å². The highest BCUT2D eigenvalue weighted by Gasteiger charge is 2.32. The second-order valence-electron chi connectivity index (χ2n) is 4.01. The third-order valence-electron chi connectivity index (χ3n) is 2.57. The summed E-state index contributed by atoms with van der Waals surface area (Å²) in [6.07, 6.45) is 0.349. The highest BCUT2D eigenvalue weighted by molar-refractivity contribution is 5.62. The van der Waals surface area contributed by atoms with Crippen molar-refractivity contribution in [3.63, 3.8) is 0 Å². The molecule has 0 aromatic carbocycles. The summed E-state index contributed by atoms with van der Waals surface area (Å²) in [7, 11) is 0. The first kappa shape index (κ1) is 14.0. The van der Waals surface area contributed by atoms with E-state index in [0.717, 1.165) is 17.8 Å². The predicted octanol–water partition coefficient (Wildman–Crippen LogP) is 2.41. The Balaban J connectivity index is 2.25. The lowest BCUT2D eigenvalue weighted by Gasteiger charge is -2.07. The molecule has 0 saturated carbocycles. The third-order valence-corrected chi connectivity index (χ3v) is 2.57. The zero-order valence-electron chi connectivity index (χ0n) is 10.2. The molecule has 0 saturated heterocycles. The maximum Gasteiger partial charge on any atom is 0.433 e. The number of carbonyl (C=O) groups is 1. The van der Waals surface area contributed by atoms with Crippen LogP contribution in [-0.2, 0) is 17.5 Å². The minimum Gasteiger partial charge on any atom is -0.355 e. The molecule has 0 unspecified atom stereocenters. The van der Waals surface area contributed by atoms with Crippen LogP contribution in [0, 0.1) is 0 Å². The van der Waals surface area contributed by atoms with Gasteiger partial charge in [-0.15, -0.1) is 0 Å². The van der Waals surface area contributed by atoms with Gasteiger partial charge in [0.15, 0.2) is 0 Å². The van der Waals surface area contributed by atoms with Crippen molar-refractivity contribution in [3.05, 3.63) is 48.0 Å². The number of pyridine rings is 2. The standard InChI is InChI=1S/C13H10F3N3O/c14-13(15,16)12-2-1-10(7-19-12)11-3-9(4-17-6-11)5-18-8-20/h1-4,6-8H,5H2,(H,18,20). The van der Waals surface area contributed by atoms with Gasteiger partial charge in [0.1, 0.15) is 5.69 Å². The molecule has 2 rings (SSSR count). The highest BCUT2D eigenvalue weighted by Crippen LogP contribution is 2.28. The van der Waals surface area contributed by atoms with Gasteiger partial charge in [-0.25, -0.2) is 0 Å². The van der Waals surface area contributed by atoms with Crippen molar-refractivity contribution in [1.29, 1.82) is 0 Å². The summed E-state index contributed by atoms with van der Waals surface area (Å²) in [5, 5.41) is 2.49. The number of hydrogen-bond donors (Lipinski definition) is 1. The Morgan fingerprint density at radius 3 is 2.55 bits per heavy atom. The topological polar surface area (TPSA) is 54.9 Å². The molecule has 4 nitrogen and oxygen atoms in total. The van der Waals surface area contributed by atoms with Crippen LogP contribution in [0.3, 0.4) is 0 Å². The molecule has 20 heavy (non-hydrogen) atoms. The van der Waals surface area contributed by atoms with Crippen molar-refractivity contribution in [1.82, 2.24) is 15.3 Å². The number of nitrogens with one attached hydrogen (secondary N) is 1. The summed E-state index contributed by atoms with van der Waals surface area (Å²) < 4.78 is 37.2. The van der Waals surface area contributed by atoms with Gasteiger partial charge in [-0.3, -0.25) is 14.8 Å². The van der Waals surface area contributed by atoms with Crippen LogP contribution in [0.5, 0.6) is 0 Å². The number of nitrogens with zero attached hydrogens (tertiary/aromatic N) is 2. The Hall–Kier alpha value is -2.44. The zero-order valence-corrected chi connectivity index (χ0v) is 10.2. The average Bonchev–Trinajstić information content (AvgIpc) is 2.45. The average molecular weight is 281 g/mol. The maximum atomic E-state index is 12.4. The van der Waals surface area contributed by atoms with Crippen LogP contribution >= 0.6 is 0 Å². The van der Waals surface area contributed by atoms with Gasteiger partial charge in [0.2, 0.25) is 6.41 Å². The van der Waals surface area contributed by atoms with Crippen LogP contribution in [0.15, 0.2) is 36.8 Å². The molecule has 2 heterocycles. The summed E-state index contributed by atoms with van der Waals surface area (Å²) in [5.74, 6) is 0. The molecule has 0 fully saturated rings. The number of rotatable bonds is 4. The monoisotopic (exact) mass is 281 g/mol. The summed E-state index contributed by atoms with van der Waals surface area (Å²) in [6.45, 7) is 0.304. The van der Waals surface area contributed by atoms with Crippen LogP contribution in [0.25, 0.3) is 11.1 Å². The molecule has 0 aliphatic carbocycles. The smallest absolute Gasteiger partial charge is 0.355 e. The van der Waals surface area contributed by atoms with Crippen molar-refractivity contribution < 1.29 is 18.0 Å². The Bertz CT molecular complexity index is 597. The number of hydrogen-bond acceptors (Lipinski definition) is 3. The number of aromatic nitrogens is 2. The molecular weight excluding hydrogens is 271 g/mol. The number of carbonyl (C=O) groups excluding carboxylic acids is 1. The van der Waals surface area contributed by atoms with E-state index in [4.69, 9.17) is 0 Å². The molecule has 0 atom stereocenters. The fraction of sp³-hybridized carbons (Fsp3) is 0.154. The van der Waals surface area contributed by atoms with Gasteiger partial charge < -0.3 is 5.32 Å². The summed E-state index contributed by atoms with van der Waals surface area (Å²) >= 11 is 0. The predicted molar refractivity (Wildman–Crippen MR) is 65.4 cm³/mol. The van der Waals surface area contributed by atoms with E-state index in [-0.39, 0.29) is 0 Å². The molecule has 0 spiro atoms. The first-order chi connectivity index (χ1) is 9.50. The SMILES string of the molecule is O=CNCc1cncc(-c2ccc(C(F)(F)F)nc2)c1. The second-order valence-corrected chi connectivity index (χ2v) is 4.01. The van der Waals surface area contributed by atoms with Gasteiger partial charge in [-0.05, 0) is 17.7 Å². The van der Waals surface area contributed by atoms with Crippen molar-refractivity contribution >= 4 is 6.41 Å². The number of alkyl halides is 3. The highest BCUT2D eigenvalue weighted by atomic mass is 19.4. The molecule has 0 aliphatic rings. The Morgan fingerprint density at radius 2 is 1.95 bits per heavy atom. The van der Waals surface area contributed by atoms with Crippen LogP contribution in [0.4, 0.5) is 13.2 Å². The van der Waals surface area contributed by atoms with E-state index in [2.05, 4.69) is 15.3 Å². The fourth-order valence-corrected chi connectivity index (χ4v) is 1.63. The third kappa shape index (κ3) is 3.31. The first-order valence-corrected chi connectivity index (χ1v) is 5.65. The molecule has 104 valence electrons. The van der Waals surface area contributed by atoms with Crippen molar-refractivity contribution in [2.45, 2.75) is 12.7 Å². The van der Waals surface area contributed by atoms with Gasteiger partial charge in [0.05, 0.1) is 0 Å². The summed E-state index contributed by atoms with van der Waals surface area (Å²) in [6, 6.07) is 3.99. The lowest BCUT2D eigenvalue weighted by Crippen LogP contribution is -2.10. The summed E-state index contributed by atoms with van der Waals surface area (Å²) in [5.41, 5.74) is 0.970. The van der Waals surface area contributed by atoms with E-state index in [1.54, 1.807) is 12.3 Å². The van der Waals surface area contributed by atoms with E-state index in [0.29, 0.717) is 24.1 Å². The Morgan fingerprint density at radius 1 is 1.15 bits per heavy atom. The van der Waals surface area contributed by atoms with Crippen LogP contribution in [0.2, 0.25) is 0 Å². The van der Waals surface area contributed by atoms with Gasteiger partial charge in [-0.1, -0.05) is 6.07 Å². The van der Waals surface area contributed by atoms with Gasteiger partial charge in [0.25, 0.3) is 0 Å². The molecule has 2 aromatic rings. The van der Waals surface area contributed by atoms with Crippen LogP contribution < -0.4 is 5.32 Å². The lowest BCUT2D eigenvalue weighted by molar-refractivity contribution is -0.141. The molecule has 7 heteroatoms. The summed E-state index contributed by atoms with van der Waals surface area (Å²) in [4.78, 5) is 17.6. The normalized spacial score (nSPS) is 11.2. The molecule has 0 aliphatic heterocycles. The molecule has 2 aromatic heterocycles. The van der Waals surface area contributed by atoms with E-state index < -0.39 is 11.9 Å². The lowest BCUT2D eigenvalue weighted by atomic mass is 10.1. The Labute approximate surface area is 112 Å². The van der Waals surface area contributed by atoms with Gasteiger partial charge in [-0.2, -0.15) is 13.2 Å². The van der Waals surface area contributed by atoms with E-state index in [1.165, 1.54) is 12.3 Å². The van der Waals surface area contributed by atoms with Crippen molar-refractivity contribution in [2.75, 3.05) is 0 Å². The molecule has 1 amide bonds. The van der Waals surface area contributed by atoms with Gasteiger partial charge in [0, 0.05) is 36.3 Å². The fourth-order valence-electron chi connectivity index (χ4n) is 1.63. The van der Waals surface area contributed by atoms with E-state index in [9.17, 15) is 18.0 Å². The molecule has 0 radical (unpaired) electrons. The largest absolute Gasteiger partial charge is 0.433 e.